The highest BCUT2D eigenvalue weighted by Gasteiger charge is 2.26. The topological polar surface area (TPSA) is 58.1 Å². The van der Waals surface area contributed by atoms with Crippen molar-refractivity contribution in [2.75, 3.05) is 0 Å². The second-order valence-electron chi connectivity index (χ2n) is 6.29. The molecule has 3 heterocycles. The van der Waals surface area contributed by atoms with E-state index in [2.05, 4.69) is 15.2 Å². The van der Waals surface area contributed by atoms with Gasteiger partial charge in [-0.3, -0.25) is 0 Å². The van der Waals surface area contributed by atoms with Crippen LogP contribution in [0.25, 0.3) is 11.4 Å². The molecule has 0 unspecified atom stereocenters. The maximum Gasteiger partial charge on any atom is 0.168 e. The molecule has 0 bridgehead atoms. The lowest BCUT2D eigenvalue weighted by Crippen LogP contribution is -2.28. The van der Waals surface area contributed by atoms with Gasteiger partial charge in [-0.1, -0.05) is 48.5 Å². The van der Waals surface area contributed by atoms with Crippen molar-refractivity contribution < 1.29 is 0 Å². The lowest BCUT2D eigenvalue weighted by atomic mass is 10.1. The number of benzene rings is 2. The first kappa shape index (κ1) is 15.5. The quantitative estimate of drug-likeness (QED) is 0.699. The van der Waals surface area contributed by atoms with Crippen LogP contribution in [-0.4, -0.2) is 32.7 Å². The summed E-state index contributed by atoms with van der Waals surface area (Å²) in [6, 6.07) is 20.0. The summed E-state index contributed by atoms with van der Waals surface area (Å²) in [7, 11) is 0. The molecule has 3 aromatic rings. The molecule has 0 atom stereocenters. The summed E-state index contributed by atoms with van der Waals surface area (Å²) >= 11 is 0. The van der Waals surface area contributed by atoms with Crippen LogP contribution < -0.4 is 0 Å². The van der Waals surface area contributed by atoms with Crippen LogP contribution in [-0.2, 0) is 0 Å². The Hall–Kier alpha value is -3.80. The molecule has 2 aliphatic heterocycles. The highest BCUT2D eigenvalue weighted by molar-refractivity contribution is 6.15. The fourth-order valence-corrected chi connectivity index (χ4v) is 3.15. The molecular formula is C21H16N6. The lowest BCUT2D eigenvalue weighted by molar-refractivity contribution is 0.676. The minimum atomic E-state index is 0.717. The normalized spacial score (nSPS) is 15.3. The van der Waals surface area contributed by atoms with Gasteiger partial charge in [0.25, 0.3) is 0 Å². The van der Waals surface area contributed by atoms with E-state index >= 15 is 0 Å². The summed E-state index contributed by atoms with van der Waals surface area (Å²) in [5, 5.41) is 10.9. The van der Waals surface area contributed by atoms with Crippen LogP contribution in [0, 0.1) is 0 Å². The zero-order valence-electron chi connectivity index (χ0n) is 14.7. The summed E-state index contributed by atoms with van der Waals surface area (Å²) in [5.41, 5.74) is 4.57. The third-order valence-electron chi connectivity index (χ3n) is 4.40. The number of fused-ring (bicyclic) bond motifs is 3. The van der Waals surface area contributed by atoms with Crippen LogP contribution in [0.1, 0.15) is 18.1 Å². The number of allylic oxidation sites excluding steroid dienone is 1. The molecule has 6 heteroatoms. The van der Waals surface area contributed by atoms with Crippen molar-refractivity contribution in [1.82, 2.24) is 14.8 Å². The Labute approximate surface area is 156 Å². The number of para-hydroxylation sites is 1. The van der Waals surface area contributed by atoms with Gasteiger partial charge in [-0.15, -0.1) is 0 Å². The van der Waals surface area contributed by atoms with Crippen molar-refractivity contribution in [2.45, 2.75) is 6.92 Å². The van der Waals surface area contributed by atoms with E-state index in [4.69, 9.17) is 4.99 Å². The largest absolute Gasteiger partial charge is 0.228 e. The molecule has 0 saturated carbocycles. The smallest absolute Gasteiger partial charge is 0.168 e. The summed E-state index contributed by atoms with van der Waals surface area (Å²) in [5.74, 6) is 1.47. The maximum absolute atomic E-state index is 4.91. The monoisotopic (exact) mass is 352 g/mol. The molecule has 0 spiro atoms. The summed E-state index contributed by atoms with van der Waals surface area (Å²) in [4.78, 5) is 9.49. The van der Waals surface area contributed by atoms with Crippen LogP contribution in [0.3, 0.4) is 0 Å². The zero-order valence-corrected chi connectivity index (χ0v) is 14.7. The van der Waals surface area contributed by atoms with E-state index in [0.29, 0.717) is 5.84 Å². The molecule has 1 aromatic heterocycles. The van der Waals surface area contributed by atoms with Gasteiger partial charge in [-0.05, 0) is 25.1 Å². The van der Waals surface area contributed by atoms with E-state index in [1.165, 1.54) is 0 Å². The van der Waals surface area contributed by atoms with Gasteiger partial charge in [0.05, 0.1) is 28.9 Å². The van der Waals surface area contributed by atoms with Crippen molar-refractivity contribution >= 4 is 29.4 Å². The lowest BCUT2D eigenvalue weighted by Gasteiger charge is -2.19. The van der Waals surface area contributed by atoms with E-state index in [9.17, 15) is 0 Å². The molecule has 27 heavy (non-hydrogen) atoms. The van der Waals surface area contributed by atoms with Crippen molar-refractivity contribution in [3.8, 4) is 5.69 Å². The molecule has 0 aliphatic carbocycles. The predicted octanol–water partition coefficient (Wildman–Crippen LogP) is 4.02. The van der Waals surface area contributed by atoms with Gasteiger partial charge in [0.2, 0.25) is 0 Å². The fourth-order valence-electron chi connectivity index (χ4n) is 3.15. The van der Waals surface area contributed by atoms with Gasteiger partial charge in [0.15, 0.2) is 11.7 Å². The summed E-state index contributed by atoms with van der Waals surface area (Å²) in [6.07, 6.45) is 5.47. The SMILES string of the molecule is CC1=NN2C=Nc3c(cnn3-c3ccccc3)C2=NC(c2ccccc2)=C1. The first-order chi connectivity index (χ1) is 13.3. The van der Waals surface area contributed by atoms with E-state index < -0.39 is 0 Å². The Kier molecular flexibility index (Phi) is 3.53. The minimum Gasteiger partial charge on any atom is -0.228 e. The highest BCUT2D eigenvalue weighted by atomic mass is 15.5. The van der Waals surface area contributed by atoms with Crippen LogP contribution in [0.5, 0.6) is 0 Å². The number of hydrazone groups is 1. The number of hydrogen-bond acceptors (Lipinski definition) is 5. The number of aliphatic imine (C=N–C) groups is 2. The third kappa shape index (κ3) is 2.67. The van der Waals surface area contributed by atoms with Crippen molar-refractivity contribution in [3.63, 3.8) is 0 Å². The molecule has 2 aromatic carbocycles. The van der Waals surface area contributed by atoms with Crippen LogP contribution >= 0.6 is 0 Å². The van der Waals surface area contributed by atoms with Crippen LogP contribution in [0.15, 0.2) is 88.0 Å². The Balaban J connectivity index is 1.66. The van der Waals surface area contributed by atoms with Crippen LogP contribution in [0.4, 0.5) is 5.82 Å². The minimum absolute atomic E-state index is 0.717. The van der Waals surface area contributed by atoms with E-state index in [1.807, 2.05) is 78.3 Å². The molecule has 130 valence electrons. The van der Waals surface area contributed by atoms with Gasteiger partial charge in [0, 0.05) is 5.56 Å². The van der Waals surface area contributed by atoms with Gasteiger partial charge in [-0.25, -0.2) is 19.7 Å². The Morgan fingerprint density at radius 1 is 0.889 bits per heavy atom. The second kappa shape index (κ2) is 6.17. The molecule has 0 N–H and O–H groups in total. The predicted molar refractivity (Wildman–Crippen MR) is 108 cm³/mol. The fraction of sp³-hybridized carbons (Fsp3) is 0.0476. The Bertz CT molecular complexity index is 1120. The average Bonchev–Trinajstić information content (AvgIpc) is 3.06. The highest BCUT2D eigenvalue weighted by Crippen LogP contribution is 2.30. The van der Waals surface area contributed by atoms with Gasteiger partial charge < -0.3 is 0 Å². The third-order valence-corrected chi connectivity index (χ3v) is 4.40. The second-order valence-corrected chi connectivity index (χ2v) is 6.29. The zero-order chi connectivity index (χ0) is 18.2. The Morgan fingerprint density at radius 2 is 1.63 bits per heavy atom. The molecule has 0 amide bonds. The molecule has 6 nitrogen and oxygen atoms in total. The molecule has 5 rings (SSSR count). The molecular weight excluding hydrogens is 336 g/mol. The van der Waals surface area contributed by atoms with Gasteiger partial charge in [0.1, 0.15) is 6.34 Å². The molecule has 0 fully saturated rings. The van der Waals surface area contributed by atoms with Crippen molar-refractivity contribution in [2.24, 2.45) is 15.1 Å². The van der Waals surface area contributed by atoms with Crippen LogP contribution in [0.2, 0.25) is 0 Å². The van der Waals surface area contributed by atoms with E-state index in [-0.39, 0.29) is 0 Å². The van der Waals surface area contributed by atoms with Crippen molar-refractivity contribution in [3.05, 3.63) is 84.1 Å². The summed E-state index contributed by atoms with van der Waals surface area (Å²) < 4.78 is 1.82. The van der Waals surface area contributed by atoms with Gasteiger partial charge in [-0.2, -0.15) is 10.2 Å². The van der Waals surface area contributed by atoms with E-state index in [1.54, 1.807) is 17.5 Å². The standard InChI is InChI=1S/C21H16N6/c1-15-12-19(16-8-4-2-5-9-16)24-21-18-13-23-27(17-10-6-3-7-11-17)20(18)22-14-26(21)25-15/h2-14H,1H3. The number of hydrogen-bond donors (Lipinski definition) is 0. The molecule has 0 saturated heterocycles. The molecule has 2 aliphatic rings. The Morgan fingerprint density at radius 3 is 2.41 bits per heavy atom. The van der Waals surface area contributed by atoms with Gasteiger partial charge >= 0.3 is 0 Å². The van der Waals surface area contributed by atoms with Crippen molar-refractivity contribution in [1.29, 1.82) is 0 Å². The number of amidine groups is 1. The number of aromatic nitrogens is 2. The molecule has 0 radical (unpaired) electrons. The maximum atomic E-state index is 4.91. The summed E-state index contributed by atoms with van der Waals surface area (Å²) in [6.45, 7) is 1.96. The van der Waals surface area contributed by atoms with E-state index in [0.717, 1.165) is 34.0 Å². The first-order valence-electron chi connectivity index (χ1n) is 8.68. The average molecular weight is 352 g/mol. The number of nitrogens with zero attached hydrogens (tertiary/aromatic N) is 6. The first-order valence-corrected chi connectivity index (χ1v) is 8.68. The number of rotatable bonds is 2.